The molecule has 4 rings (SSSR count). The molecule has 0 radical (unpaired) electrons. The van der Waals surface area contributed by atoms with Crippen LogP contribution in [-0.2, 0) is 6.54 Å². The first-order valence-electron chi connectivity index (χ1n) is 6.88. The van der Waals surface area contributed by atoms with Crippen molar-refractivity contribution in [1.29, 1.82) is 0 Å². The number of nitrogens with one attached hydrogen (secondary N) is 1. The van der Waals surface area contributed by atoms with Gasteiger partial charge in [-0.1, -0.05) is 17.7 Å². The van der Waals surface area contributed by atoms with Gasteiger partial charge < -0.3 is 9.88 Å². The van der Waals surface area contributed by atoms with Gasteiger partial charge in [-0.3, -0.25) is 4.79 Å². The van der Waals surface area contributed by atoms with E-state index in [0.717, 1.165) is 16.6 Å². The lowest BCUT2D eigenvalue weighted by atomic mass is 10.1. The van der Waals surface area contributed by atoms with E-state index in [-0.39, 0.29) is 10.9 Å². The summed E-state index contributed by atoms with van der Waals surface area (Å²) >= 11 is 5.88. The molecular weight excluding hydrogens is 305 g/mol. The molecule has 0 unspecified atom stereocenters. The van der Waals surface area contributed by atoms with Gasteiger partial charge in [0.05, 0.1) is 21.6 Å². The summed E-state index contributed by atoms with van der Waals surface area (Å²) in [5.41, 5.74) is 2.86. The summed E-state index contributed by atoms with van der Waals surface area (Å²) in [6.45, 7) is 1.12. The molecule has 110 valence electrons. The van der Waals surface area contributed by atoms with Crippen LogP contribution in [0.3, 0.4) is 0 Å². The molecule has 0 fully saturated rings. The van der Waals surface area contributed by atoms with Gasteiger partial charge in [0.25, 0.3) is 5.91 Å². The van der Waals surface area contributed by atoms with Crippen LogP contribution in [0, 0.1) is 5.82 Å². The molecule has 1 aliphatic rings. The Morgan fingerprint density at radius 2 is 2.14 bits per heavy atom. The Kier molecular flexibility index (Phi) is 2.90. The van der Waals surface area contributed by atoms with Crippen molar-refractivity contribution in [2.45, 2.75) is 6.54 Å². The summed E-state index contributed by atoms with van der Waals surface area (Å²) in [7, 11) is 0. The SMILES string of the molecule is O=C1NCCn2c(-c3ccc(F)c(Cl)c3)nc3cccc1c32. The number of halogens is 2. The predicted molar refractivity (Wildman–Crippen MR) is 82.5 cm³/mol. The first-order valence-corrected chi connectivity index (χ1v) is 7.26. The minimum Gasteiger partial charge on any atom is -0.350 e. The third kappa shape index (κ3) is 1.89. The summed E-state index contributed by atoms with van der Waals surface area (Å²) < 4.78 is 15.4. The van der Waals surface area contributed by atoms with E-state index in [1.807, 2.05) is 10.6 Å². The van der Waals surface area contributed by atoms with E-state index < -0.39 is 5.82 Å². The topological polar surface area (TPSA) is 46.9 Å². The number of aromatic nitrogens is 2. The Balaban J connectivity index is 2.03. The van der Waals surface area contributed by atoms with Crippen LogP contribution in [0.25, 0.3) is 22.4 Å². The van der Waals surface area contributed by atoms with E-state index in [0.29, 0.717) is 24.5 Å². The van der Waals surface area contributed by atoms with Crippen molar-refractivity contribution in [1.82, 2.24) is 14.9 Å². The molecule has 0 aliphatic carbocycles. The van der Waals surface area contributed by atoms with E-state index in [4.69, 9.17) is 11.6 Å². The monoisotopic (exact) mass is 315 g/mol. The van der Waals surface area contributed by atoms with Crippen LogP contribution in [0.15, 0.2) is 36.4 Å². The minimum absolute atomic E-state index is 0.0559. The van der Waals surface area contributed by atoms with Gasteiger partial charge >= 0.3 is 0 Å². The summed E-state index contributed by atoms with van der Waals surface area (Å²) in [5, 5.41) is 2.92. The molecule has 0 spiro atoms. The second-order valence-electron chi connectivity index (χ2n) is 5.15. The molecule has 4 nitrogen and oxygen atoms in total. The van der Waals surface area contributed by atoms with Crippen molar-refractivity contribution in [2.24, 2.45) is 0 Å². The van der Waals surface area contributed by atoms with Crippen molar-refractivity contribution >= 4 is 28.5 Å². The molecule has 1 aliphatic heterocycles. The Morgan fingerprint density at radius 1 is 1.27 bits per heavy atom. The van der Waals surface area contributed by atoms with Crippen molar-refractivity contribution < 1.29 is 9.18 Å². The van der Waals surface area contributed by atoms with Gasteiger partial charge in [-0.05, 0) is 30.3 Å². The van der Waals surface area contributed by atoms with E-state index in [2.05, 4.69) is 10.3 Å². The molecule has 3 aromatic rings. The average molecular weight is 316 g/mol. The first kappa shape index (κ1) is 13.3. The Hall–Kier alpha value is -2.40. The molecular formula is C16H11ClFN3O. The summed E-state index contributed by atoms with van der Waals surface area (Å²) in [6.07, 6.45) is 0. The number of imidazole rings is 1. The van der Waals surface area contributed by atoms with Crippen LogP contribution in [0.1, 0.15) is 10.4 Å². The number of hydrogen-bond acceptors (Lipinski definition) is 2. The molecule has 0 bridgehead atoms. The quantitative estimate of drug-likeness (QED) is 0.749. The zero-order valence-corrected chi connectivity index (χ0v) is 12.2. The van der Waals surface area contributed by atoms with E-state index in [1.165, 1.54) is 6.07 Å². The number of carbonyl (C=O) groups excluding carboxylic acids is 1. The summed E-state index contributed by atoms with van der Waals surface area (Å²) in [4.78, 5) is 16.7. The second kappa shape index (κ2) is 4.81. The maximum atomic E-state index is 13.4. The fraction of sp³-hybridized carbons (Fsp3) is 0.125. The minimum atomic E-state index is -0.463. The molecule has 1 aromatic heterocycles. The van der Waals surface area contributed by atoms with Crippen LogP contribution >= 0.6 is 11.6 Å². The number of rotatable bonds is 1. The largest absolute Gasteiger partial charge is 0.350 e. The highest BCUT2D eigenvalue weighted by Gasteiger charge is 2.21. The standard InChI is InChI=1S/C16H11ClFN3O/c17-11-8-9(4-5-12(11)18)15-20-13-3-1-2-10-14(13)21(15)7-6-19-16(10)22/h1-5,8H,6-7H2,(H,19,22). The Labute approximate surface area is 130 Å². The van der Waals surface area contributed by atoms with Crippen LogP contribution in [0.4, 0.5) is 4.39 Å². The third-order valence-electron chi connectivity index (χ3n) is 3.81. The van der Waals surface area contributed by atoms with Gasteiger partial charge in [0.15, 0.2) is 0 Å². The highest BCUT2D eigenvalue weighted by atomic mass is 35.5. The van der Waals surface area contributed by atoms with Crippen molar-refractivity contribution in [3.8, 4) is 11.4 Å². The van der Waals surface area contributed by atoms with Gasteiger partial charge in [-0.15, -0.1) is 0 Å². The van der Waals surface area contributed by atoms with Crippen LogP contribution in [0.5, 0.6) is 0 Å². The van der Waals surface area contributed by atoms with Gasteiger partial charge in [0.2, 0.25) is 0 Å². The van der Waals surface area contributed by atoms with Crippen LogP contribution < -0.4 is 5.32 Å². The molecule has 1 amide bonds. The smallest absolute Gasteiger partial charge is 0.253 e. The molecule has 2 heterocycles. The molecule has 0 atom stereocenters. The number of para-hydroxylation sites is 1. The van der Waals surface area contributed by atoms with Gasteiger partial charge in [-0.2, -0.15) is 0 Å². The number of amides is 1. The summed E-state index contributed by atoms with van der Waals surface area (Å²) in [5.74, 6) is 0.115. The molecule has 0 saturated carbocycles. The molecule has 1 N–H and O–H groups in total. The maximum absolute atomic E-state index is 13.4. The molecule has 22 heavy (non-hydrogen) atoms. The Bertz CT molecular complexity index is 919. The van der Waals surface area contributed by atoms with E-state index in [1.54, 1.807) is 24.3 Å². The van der Waals surface area contributed by atoms with Crippen molar-refractivity contribution in [3.63, 3.8) is 0 Å². The van der Waals surface area contributed by atoms with Gasteiger partial charge in [0, 0.05) is 18.7 Å². The van der Waals surface area contributed by atoms with Gasteiger partial charge in [0.1, 0.15) is 11.6 Å². The zero-order valence-electron chi connectivity index (χ0n) is 11.4. The highest BCUT2D eigenvalue weighted by molar-refractivity contribution is 6.31. The first-order chi connectivity index (χ1) is 10.6. The van der Waals surface area contributed by atoms with Crippen LogP contribution in [0.2, 0.25) is 5.02 Å². The predicted octanol–water partition coefficient (Wildman–Crippen LogP) is 3.24. The number of hydrogen-bond donors (Lipinski definition) is 1. The highest BCUT2D eigenvalue weighted by Crippen LogP contribution is 2.30. The number of nitrogens with zero attached hydrogens (tertiary/aromatic N) is 2. The zero-order chi connectivity index (χ0) is 15.3. The molecule has 2 aromatic carbocycles. The lowest BCUT2D eigenvalue weighted by Crippen LogP contribution is -2.24. The number of carbonyl (C=O) groups is 1. The maximum Gasteiger partial charge on any atom is 0.253 e. The Morgan fingerprint density at radius 3 is 2.95 bits per heavy atom. The van der Waals surface area contributed by atoms with Crippen LogP contribution in [-0.4, -0.2) is 22.0 Å². The third-order valence-corrected chi connectivity index (χ3v) is 4.10. The molecule has 0 saturated heterocycles. The van der Waals surface area contributed by atoms with E-state index >= 15 is 0 Å². The number of benzene rings is 2. The lowest BCUT2D eigenvalue weighted by molar-refractivity contribution is 0.0956. The van der Waals surface area contributed by atoms with E-state index in [9.17, 15) is 9.18 Å². The fourth-order valence-electron chi connectivity index (χ4n) is 2.82. The average Bonchev–Trinajstić information content (AvgIpc) is 2.79. The molecule has 6 heteroatoms. The lowest BCUT2D eigenvalue weighted by Gasteiger charge is -2.07. The summed E-state index contributed by atoms with van der Waals surface area (Å²) in [6, 6.07) is 9.98. The fourth-order valence-corrected chi connectivity index (χ4v) is 3.00. The normalized spacial score (nSPS) is 14.0. The van der Waals surface area contributed by atoms with Crippen molar-refractivity contribution in [3.05, 3.63) is 52.8 Å². The second-order valence-corrected chi connectivity index (χ2v) is 5.55. The van der Waals surface area contributed by atoms with Crippen molar-refractivity contribution in [2.75, 3.05) is 6.54 Å². The van der Waals surface area contributed by atoms with Gasteiger partial charge in [-0.25, -0.2) is 9.37 Å².